The smallest absolute Gasteiger partial charge is 0.406 e. The van der Waals surface area contributed by atoms with Crippen LogP contribution in [0.4, 0.5) is 19.0 Å². The first-order chi connectivity index (χ1) is 17.6. The standard InChI is InChI=1S/C26H29F3N6O2/c1-5-19-15-34(24-23-22(33(4)25(36)32-24)12-9-18(13-30)31-23)16(3)14-35(19)21(6-2)17-7-10-20(11-8-17)37-26(27,28)29/h7-12,16,19,21H,5-6,14-15H2,1-4H3/t16-,19+,21?/m0/s1. The number of hydrogen-bond acceptors (Lipinski definition) is 7. The highest BCUT2D eigenvalue weighted by molar-refractivity contribution is 5.86. The van der Waals surface area contributed by atoms with Crippen LogP contribution in [-0.2, 0) is 7.05 Å². The molecule has 0 N–H and O–H groups in total. The normalized spacial score (nSPS) is 19.6. The summed E-state index contributed by atoms with van der Waals surface area (Å²) in [6.07, 6.45) is -3.15. The van der Waals surface area contributed by atoms with Crippen LogP contribution in [0.3, 0.4) is 0 Å². The van der Waals surface area contributed by atoms with Crippen molar-refractivity contribution in [1.29, 1.82) is 5.26 Å². The van der Waals surface area contributed by atoms with Crippen LogP contribution in [0.5, 0.6) is 5.75 Å². The van der Waals surface area contributed by atoms with Gasteiger partial charge in [-0.15, -0.1) is 13.2 Å². The fraction of sp³-hybridized carbons (Fsp3) is 0.462. The van der Waals surface area contributed by atoms with Crippen LogP contribution in [0.25, 0.3) is 11.0 Å². The zero-order valence-electron chi connectivity index (χ0n) is 21.2. The summed E-state index contributed by atoms with van der Waals surface area (Å²) in [6.45, 7) is 7.41. The number of pyridine rings is 1. The molecule has 0 spiro atoms. The number of halogens is 3. The Labute approximate surface area is 212 Å². The Hall–Kier alpha value is -3.65. The first-order valence-electron chi connectivity index (χ1n) is 12.2. The van der Waals surface area contributed by atoms with Gasteiger partial charge < -0.3 is 9.64 Å². The number of hydrogen-bond donors (Lipinski definition) is 0. The third kappa shape index (κ3) is 5.39. The lowest BCUT2D eigenvalue weighted by Gasteiger charge is -2.49. The molecule has 2 aromatic heterocycles. The van der Waals surface area contributed by atoms with Crippen LogP contribution >= 0.6 is 0 Å². The highest BCUT2D eigenvalue weighted by Gasteiger charge is 2.37. The van der Waals surface area contributed by atoms with E-state index < -0.39 is 12.1 Å². The van der Waals surface area contributed by atoms with E-state index in [1.165, 1.54) is 16.7 Å². The molecule has 0 radical (unpaired) electrons. The number of nitriles is 1. The van der Waals surface area contributed by atoms with Crippen LogP contribution in [0.2, 0.25) is 0 Å². The molecule has 4 rings (SSSR count). The number of aromatic nitrogens is 3. The predicted octanol–water partition coefficient (Wildman–Crippen LogP) is 4.54. The van der Waals surface area contributed by atoms with Gasteiger partial charge in [0.1, 0.15) is 23.0 Å². The van der Waals surface area contributed by atoms with Gasteiger partial charge in [-0.25, -0.2) is 9.78 Å². The summed E-state index contributed by atoms with van der Waals surface area (Å²) in [5, 5.41) is 9.37. The van der Waals surface area contributed by atoms with Gasteiger partial charge >= 0.3 is 12.1 Å². The molecule has 3 atom stereocenters. The number of nitrogens with zero attached hydrogens (tertiary/aromatic N) is 6. The zero-order chi connectivity index (χ0) is 26.9. The fourth-order valence-corrected chi connectivity index (χ4v) is 5.13. The van der Waals surface area contributed by atoms with E-state index in [-0.39, 0.29) is 29.6 Å². The quantitative estimate of drug-likeness (QED) is 0.477. The van der Waals surface area contributed by atoms with E-state index in [4.69, 9.17) is 0 Å². The summed E-state index contributed by atoms with van der Waals surface area (Å²) < 4.78 is 43.2. The monoisotopic (exact) mass is 514 g/mol. The number of ether oxygens (including phenoxy) is 1. The molecule has 1 aliphatic rings. The van der Waals surface area contributed by atoms with Crippen molar-refractivity contribution in [3.05, 3.63) is 58.1 Å². The van der Waals surface area contributed by atoms with Crippen molar-refractivity contribution >= 4 is 16.9 Å². The summed E-state index contributed by atoms with van der Waals surface area (Å²) in [7, 11) is 1.63. The topological polar surface area (TPSA) is 87.3 Å². The maximum absolute atomic E-state index is 12.7. The maximum Gasteiger partial charge on any atom is 0.573 e. The van der Waals surface area contributed by atoms with Crippen molar-refractivity contribution in [3.63, 3.8) is 0 Å². The van der Waals surface area contributed by atoms with Gasteiger partial charge in [0.05, 0.1) is 5.52 Å². The Kier molecular flexibility index (Phi) is 7.41. The molecule has 37 heavy (non-hydrogen) atoms. The molecule has 0 bridgehead atoms. The molecule has 0 amide bonds. The zero-order valence-corrected chi connectivity index (χ0v) is 21.2. The van der Waals surface area contributed by atoms with Gasteiger partial charge in [-0.05, 0) is 49.6 Å². The Balaban J connectivity index is 1.66. The molecule has 1 saturated heterocycles. The number of anilines is 1. The molecular weight excluding hydrogens is 485 g/mol. The minimum atomic E-state index is -4.73. The molecule has 196 valence electrons. The second-order valence-corrected chi connectivity index (χ2v) is 9.25. The molecule has 1 unspecified atom stereocenters. The minimum absolute atomic E-state index is 0.00819. The van der Waals surface area contributed by atoms with Gasteiger partial charge in [0.15, 0.2) is 5.82 Å². The lowest BCUT2D eigenvalue weighted by atomic mass is 9.96. The molecule has 3 aromatic rings. The van der Waals surface area contributed by atoms with E-state index in [1.807, 2.05) is 6.92 Å². The molecule has 8 nitrogen and oxygen atoms in total. The minimum Gasteiger partial charge on any atom is -0.406 e. The van der Waals surface area contributed by atoms with Gasteiger partial charge in [0.25, 0.3) is 0 Å². The molecule has 1 fully saturated rings. The number of rotatable bonds is 6. The Bertz CT molecular complexity index is 1370. The Morgan fingerprint density at radius 3 is 2.43 bits per heavy atom. The molecule has 1 aliphatic heterocycles. The largest absolute Gasteiger partial charge is 0.573 e. The number of fused-ring (bicyclic) bond motifs is 1. The van der Waals surface area contributed by atoms with E-state index in [1.54, 1.807) is 31.3 Å². The van der Waals surface area contributed by atoms with Gasteiger partial charge in [-0.3, -0.25) is 9.47 Å². The van der Waals surface area contributed by atoms with E-state index in [9.17, 15) is 23.2 Å². The third-order valence-electron chi connectivity index (χ3n) is 6.96. The summed E-state index contributed by atoms with van der Waals surface area (Å²) in [4.78, 5) is 25.9. The fourth-order valence-electron chi connectivity index (χ4n) is 5.13. The maximum atomic E-state index is 12.7. The summed E-state index contributed by atoms with van der Waals surface area (Å²) in [6, 6.07) is 11.5. The van der Waals surface area contributed by atoms with Crippen molar-refractivity contribution in [2.45, 2.75) is 58.1 Å². The Morgan fingerprint density at radius 1 is 1.14 bits per heavy atom. The predicted molar refractivity (Wildman–Crippen MR) is 133 cm³/mol. The average Bonchev–Trinajstić information content (AvgIpc) is 2.86. The lowest BCUT2D eigenvalue weighted by Crippen LogP contribution is -2.58. The second kappa shape index (κ2) is 10.4. The molecule has 0 saturated carbocycles. The highest BCUT2D eigenvalue weighted by atomic mass is 19.4. The van der Waals surface area contributed by atoms with Crippen LogP contribution in [0.15, 0.2) is 41.2 Å². The Morgan fingerprint density at radius 2 is 1.84 bits per heavy atom. The highest BCUT2D eigenvalue weighted by Crippen LogP contribution is 2.35. The SMILES string of the molecule is CCC(c1ccc(OC(F)(F)F)cc1)N1C[C@H](C)N(c2nc(=O)n(C)c3ccc(C#N)nc23)C[C@H]1CC. The first-order valence-corrected chi connectivity index (χ1v) is 12.2. The van der Waals surface area contributed by atoms with Crippen LogP contribution in [0.1, 0.15) is 50.9 Å². The van der Waals surface area contributed by atoms with Gasteiger partial charge in [0, 0.05) is 38.3 Å². The van der Waals surface area contributed by atoms with E-state index in [0.29, 0.717) is 29.9 Å². The molecule has 0 aliphatic carbocycles. The molecule has 11 heteroatoms. The van der Waals surface area contributed by atoms with Crippen LogP contribution < -0.4 is 15.3 Å². The number of alkyl halides is 3. The van der Waals surface area contributed by atoms with Crippen molar-refractivity contribution in [1.82, 2.24) is 19.4 Å². The lowest BCUT2D eigenvalue weighted by molar-refractivity contribution is -0.274. The average molecular weight is 515 g/mol. The van der Waals surface area contributed by atoms with Crippen molar-refractivity contribution in [3.8, 4) is 11.8 Å². The first kappa shape index (κ1) is 26.4. The molecule has 3 heterocycles. The third-order valence-corrected chi connectivity index (χ3v) is 6.96. The number of benzene rings is 1. The number of aryl methyl sites for hydroxylation is 1. The van der Waals surface area contributed by atoms with Crippen molar-refractivity contribution in [2.75, 3.05) is 18.0 Å². The van der Waals surface area contributed by atoms with Crippen LogP contribution in [-0.4, -0.2) is 51.0 Å². The summed E-state index contributed by atoms with van der Waals surface area (Å²) in [5.74, 6) is 0.215. The summed E-state index contributed by atoms with van der Waals surface area (Å²) in [5.41, 5.74) is 1.86. The number of piperazine rings is 1. The van der Waals surface area contributed by atoms with Crippen LogP contribution in [0, 0.1) is 11.3 Å². The van der Waals surface area contributed by atoms with E-state index in [0.717, 1.165) is 18.4 Å². The van der Waals surface area contributed by atoms with Gasteiger partial charge in [0.2, 0.25) is 0 Å². The molecule has 1 aromatic carbocycles. The van der Waals surface area contributed by atoms with Crippen molar-refractivity contribution in [2.24, 2.45) is 7.05 Å². The van der Waals surface area contributed by atoms with E-state index >= 15 is 0 Å². The molecular formula is C26H29F3N6O2. The van der Waals surface area contributed by atoms with Gasteiger partial charge in [-0.2, -0.15) is 10.2 Å². The summed E-state index contributed by atoms with van der Waals surface area (Å²) >= 11 is 0. The van der Waals surface area contributed by atoms with E-state index in [2.05, 4.69) is 44.4 Å². The second-order valence-electron chi connectivity index (χ2n) is 9.25. The van der Waals surface area contributed by atoms with Crippen molar-refractivity contribution < 1.29 is 17.9 Å². The van der Waals surface area contributed by atoms with Gasteiger partial charge in [-0.1, -0.05) is 26.0 Å².